The Kier molecular flexibility index (Phi) is 1.07. The van der Waals surface area contributed by atoms with Crippen LogP contribution in [0, 0.1) is 17.3 Å². The van der Waals surface area contributed by atoms with Gasteiger partial charge in [-0.25, -0.2) is 0 Å². The van der Waals surface area contributed by atoms with Crippen LogP contribution in [0.3, 0.4) is 0 Å². The van der Waals surface area contributed by atoms with Gasteiger partial charge in [-0.15, -0.1) is 0 Å². The van der Waals surface area contributed by atoms with E-state index in [0.717, 1.165) is 11.8 Å². The summed E-state index contributed by atoms with van der Waals surface area (Å²) in [5, 5.41) is 0. The van der Waals surface area contributed by atoms with Gasteiger partial charge in [0, 0.05) is 0 Å². The van der Waals surface area contributed by atoms with E-state index in [-0.39, 0.29) is 0 Å². The highest BCUT2D eigenvalue weighted by molar-refractivity contribution is 5.23. The zero-order valence-electron chi connectivity index (χ0n) is 7.15. The van der Waals surface area contributed by atoms with Gasteiger partial charge in [-0.2, -0.15) is 0 Å². The summed E-state index contributed by atoms with van der Waals surface area (Å²) in [4.78, 5) is 0. The van der Waals surface area contributed by atoms with Crippen LogP contribution in [0.1, 0.15) is 33.6 Å². The van der Waals surface area contributed by atoms with Crippen LogP contribution in [0.4, 0.5) is 0 Å². The molecule has 0 N–H and O–H groups in total. The minimum absolute atomic E-state index is 0.601. The Labute approximate surface area is 63.3 Å². The van der Waals surface area contributed by atoms with Crippen LogP contribution in [-0.4, -0.2) is 0 Å². The van der Waals surface area contributed by atoms with E-state index >= 15 is 0 Å². The summed E-state index contributed by atoms with van der Waals surface area (Å²) in [6.45, 7) is 7.14. The lowest BCUT2D eigenvalue weighted by Crippen LogP contribution is -2.18. The Morgan fingerprint density at radius 1 is 1.40 bits per heavy atom. The lowest BCUT2D eigenvalue weighted by atomic mass is 9.80. The van der Waals surface area contributed by atoms with Crippen LogP contribution < -0.4 is 0 Å². The molecule has 0 amide bonds. The molecule has 2 atom stereocenters. The van der Waals surface area contributed by atoms with Gasteiger partial charge in [-0.3, -0.25) is 0 Å². The van der Waals surface area contributed by atoms with Crippen LogP contribution in [0.5, 0.6) is 0 Å². The van der Waals surface area contributed by atoms with Crippen molar-refractivity contribution >= 4 is 0 Å². The van der Waals surface area contributed by atoms with E-state index in [1.807, 2.05) is 0 Å². The number of hydrogen-bond acceptors (Lipinski definition) is 0. The van der Waals surface area contributed by atoms with Crippen molar-refractivity contribution in [3.05, 3.63) is 11.6 Å². The van der Waals surface area contributed by atoms with E-state index in [4.69, 9.17) is 0 Å². The maximum atomic E-state index is 2.49. The van der Waals surface area contributed by atoms with Crippen LogP contribution >= 0.6 is 0 Å². The van der Waals surface area contributed by atoms with Gasteiger partial charge in [0.15, 0.2) is 0 Å². The fraction of sp³-hybridized carbons (Fsp3) is 0.800. The van der Waals surface area contributed by atoms with Crippen LogP contribution in [-0.2, 0) is 0 Å². The molecule has 0 saturated heterocycles. The minimum atomic E-state index is 0.601. The first-order valence-corrected chi connectivity index (χ1v) is 4.30. The molecule has 2 rings (SSSR count). The third-order valence-electron chi connectivity index (χ3n) is 3.63. The molecule has 1 saturated carbocycles. The zero-order valence-corrected chi connectivity index (χ0v) is 7.15. The topological polar surface area (TPSA) is 0 Å². The highest BCUT2D eigenvalue weighted by Gasteiger charge is 2.46. The van der Waals surface area contributed by atoms with Gasteiger partial charge in [-0.05, 0) is 37.0 Å². The Balaban J connectivity index is 2.37. The third-order valence-corrected chi connectivity index (χ3v) is 3.63. The average molecular weight is 136 g/mol. The molecule has 0 heteroatoms. The zero-order chi connectivity index (χ0) is 7.35. The van der Waals surface area contributed by atoms with E-state index < -0.39 is 0 Å². The molecule has 0 radical (unpaired) electrons. The highest BCUT2D eigenvalue weighted by Crippen LogP contribution is 2.56. The molecule has 0 spiro atoms. The van der Waals surface area contributed by atoms with Crippen molar-refractivity contribution < 1.29 is 0 Å². The van der Waals surface area contributed by atoms with E-state index in [1.165, 1.54) is 12.8 Å². The molecule has 2 aliphatic rings. The number of allylic oxidation sites excluding steroid dienone is 2. The molecule has 0 nitrogen and oxygen atoms in total. The fourth-order valence-corrected chi connectivity index (χ4v) is 2.89. The highest BCUT2D eigenvalue weighted by atomic mass is 14.5. The van der Waals surface area contributed by atoms with Crippen molar-refractivity contribution in [2.24, 2.45) is 17.3 Å². The summed E-state index contributed by atoms with van der Waals surface area (Å²) in [6.07, 6.45) is 5.38. The second-order valence-electron chi connectivity index (χ2n) is 4.47. The molecule has 0 aromatic heterocycles. The summed E-state index contributed by atoms with van der Waals surface area (Å²) in [5.41, 5.74) is 2.26. The van der Waals surface area contributed by atoms with Crippen molar-refractivity contribution in [3.8, 4) is 0 Å². The molecule has 1 fully saturated rings. The van der Waals surface area contributed by atoms with Crippen molar-refractivity contribution in [3.63, 3.8) is 0 Å². The normalized spacial score (nSPS) is 42.1. The van der Waals surface area contributed by atoms with Crippen LogP contribution in [0.15, 0.2) is 11.6 Å². The quantitative estimate of drug-likeness (QED) is 0.449. The molecule has 0 heterocycles. The van der Waals surface area contributed by atoms with Crippen molar-refractivity contribution in [1.82, 2.24) is 0 Å². The van der Waals surface area contributed by atoms with Crippen LogP contribution in [0.2, 0.25) is 0 Å². The number of hydrogen-bond donors (Lipinski definition) is 0. The van der Waals surface area contributed by atoms with Gasteiger partial charge in [-0.1, -0.05) is 25.5 Å². The Morgan fingerprint density at radius 3 is 2.30 bits per heavy atom. The molecular formula is C10H16. The molecule has 0 aromatic carbocycles. The third kappa shape index (κ3) is 0.574. The smallest absolute Gasteiger partial charge is 0.0149 e. The molecule has 2 unspecified atom stereocenters. The fourth-order valence-electron chi connectivity index (χ4n) is 2.89. The summed E-state index contributed by atoms with van der Waals surface area (Å²) in [7, 11) is 0. The maximum Gasteiger partial charge on any atom is -0.0149 e. The molecule has 2 aliphatic carbocycles. The SMILES string of the molecule is CC1=CC2CCC1C2(C)C. The minimum Gasteiger partial charge on any atom is -0.0816 e. The van der Waals surface area contributed by atoms with E-state index in [1.54, 1.807) is 5.57 Å². The molecule has 10 heavy (non-hydrogen) atoms. The predicted molar refractivity (Wildman–Crippen MR) is 43.8 cm³/mol. The molecule has 0 aromatic rings. The summed E-state index contributed by atoms with van der Waals surface area (Å²) >= 11 is 0. The second-order valence-corrected chi connectivity index (χ2v) is 4.47. The van der Waals surface area contributed by atoms with Gasteiger partial charge in [0.2, 0.25) is 0 Å². The van der Waals surface area contributed by atoms with E-state index in [9.17, 15) is 0 Å². The van der Waals surface area contributed by atoms with Gasteiger partial charge >= 0.3 is 0 Å². The summed E-state index contributed by atoms with van der Waals surface area (Å²) in [6, 6.07) is 0. The number of fused-ring (bicyclic) bond motifs is 2. The first-order valence-electron chi connectivity index (χ1n) is 4.30. The monoisotopic (exact) mass is 136 g/mol. The first-order chi connectivity index (χ1) is 4.62. The van der Waals surface area contributed by atoms with Crippen molar-refractivity contribution in [2.75, 3.05) is 0 Å². The lowest BCUT2D eigenvalue weighted by Gasteiger charge is -2.25. The van der Waals surface area contributed by atoms with Gasteiger partial charge in [0.25, 0.3) is 0 Å². The Morgan fingerprint density at radius 2 is 2.10 bits per heavy atom. The maximum absolute atomic E-state index is 2.49. The summed E-state index contributed by atoms with van der Waals surface area (Å²) < 4.78 is 0. The molecule has 2 bridgehead atoms. The molecule has 0 aliphatic heterocycles. The average Bonchev–Trinajstić information content (AvgIpc) is 2.20. The van der Waals surface area contributed by atoms with Gasteiger partial charge in [0.05, 0.1) is 0 Å². The standard InChI is InChI=1S/C10H16/c1-7-6-8-4-5-9(7)10(8,2)3/h6,8-9H,4-5H2,1-3H3. The lowest BCUT2D eigenvalue weighted by molar-refractivity contribution is 0.273. The van der Waals surface area contributed by atoms with Gasteiger partial charge in [0.1, 0.15) is 0 Å². The van der Waals surface area contributed by atoms with Gasteiger partial charge < -0.3 is 0 Å². The van der Waals surface area contributed by atoms with Crippen molar-refractivity contribution in [1.29, 1.82) is 0 Å². The van der Waals surface area contributed by atoms with E-state index in [2.05, 4.69) is 26.8 Å². The molecule has 56 valence electrons. The predicted octanol–water partition coefficient (Wildman–Crippen LogP) is 3.00. The Bertz CT molecular complexity index is 186. The molecular weight excluding hydrogens is 120 g/mol. The largest absolute Gasteiger partial charge is 0.0816 e. The van der Waals surface area contributed by atoms with Crippen LogP contribution in [0.25, 0.3) is 0 Å². The first kappa shape index (κ1) is 6.45. The van der Waals surface area contributed by atoms with Crippen molar-refractivity contribution in [2.45, 2.75) is 33.6 Å². The Hall–Kier alpha value is -0.260. The second kappa shape index (κ2) is 1.66. The summed E-state index contributed by atoms with van der Waals surface area (Å²) in [5.74, 6) is 1.81. The van der Waals surface area contributed by atoms with E-state index in [0.29, 0.717) is 5.41 Å². The number of rotatable bonds is 0.